The number of hydrogen-bond acceptors (Lipinski definition) is 1. The summed E-state index contributed by atoms with van der Waals surface area (Å²) in [5.74, 6) is 0. The van der Waals surface area contributed by atoms with Crippen molar-refractivity contribution in [2.24, 2.45) is 0 Å². The minimum absolute atomic E-state index is 0.731. The predicted octanol–water partition coefficient (Wildman–Crippen LogP) is 4.50. The third-order valence-corrected chi connectivity index (χ3v) is 3.28. The number of halogens is 1. The molecule has 0 radical (unpaired) electrons. The lowest BCUT2D eigenvalue weighted by molar-refractivity contribution is 0.881. The Balaban J connectivity index is 1.97. The fourth-order valence-electron chi connectivity index (χ4n) is 2.03. The van der Waals surface area contributed by atoms with Crippen molar-refractivity contribution in [1.82, 2.24) is 9.78 Å². The maximum atomic E-state index is 5.89. The Morgan fingerprint density at radius 3 is 2.53 bits per heavy atom. The van der Waals surface area contributed by atoms with Crippen LogP contribution >= 0.6 is 11.6 Å². The summed E-state index contributed by atoms with van der Waals surface area (Å²) in [6.45, 7) is 2.09. The summed E-state index contributed by atoms with van der Waals surface area (Å²) < 4.78 is 1.86. The summed E-state index contributed by atoms with van der Waals surface area (Å²) in [6, 6.07) is 16.0. The molecule has 0 aliphatic carbocycles. The molecule has 0 N–H and O–H groups in total. The van der Waals surface area contributed by atoms with Crippen LogP contribution in [-0.4, -0.2) is 9.78 Å². The summed E-state index contributed by atoms with van der Waals surface area (Å²) in [6.07, 6.45) is 3.90. The topological polar surface area (TPSA) is 17.8 Å². The Labute approximate surface area is 117 Å². The van der Waals surface area contributed by atoms with Gasteiger partial charge in [0.1, 0.15) is 0 Å². The van der Waals surface area contributed by atoms with Crippen LogP contribution in [0.1, 0.15) is 5.56 Å². The molecule has 0 amide bonds. The summed E-state index contributed by atoms with van der Waals surface area (Å²) >= 11 is 5.89. The van der Waals surface area contributed by atoms with Crippen molar-refractivity contribution < 1.29 is 0 Å². The number of nitrogens with zero attached hydrogens (tertiary/aromatic N) is 2. The molecule has 0 unspecified atom stereocenters. The first-order chi connectivity index (χ1) is 9.22. The number of aryl methyl sites for hydroxylation is 1. The highest BCUT2D eigenvalue weighted by molar-refractivity contribution is 6.30. The van der Waals surface area contributed by atoms with Crippen LogP contribution in [0.25, 0.3) is 16.8 Å². The molecule has 1 heterocycles. The lowest BCUT2D eigenvalue weighted by Crippen LogP contribution is -1.92. The zero-order valence-corrected chi connectivity index (χ0v) is 11.3. The molecule has 2 aromatic carbocycles. The first-order valence-electron chi connectivity index (χ1n) is 6.10. The van der Waals surface area contributed by atoms with Gasteiger partial charge in [-0.05, 0) is 36.8 Å². The molecule has 1 aromatic heterocycles. The van der Waals surface area contributed by atoms with E-state index in [1.54, 1.807) is 0 Å². The maximum Gasteiger partial charge on any atom is 0.0646 e. The third-order valence-electron chi connectivity index (χ3n) is 3.03. The average Bonchev–Trinajstić information content (AvgIpc) is 2.89. The molecule has 0 saturated heterocycles. The fraction of sp³-hybridized carbons (Fsp3) is 0.0625. The first-order valence-corrected chi connectivity index (χ1v) is 6.48. The summed E-state index contributed by atoms with van der Waals surface area (Å²) in [4.78, 5) is 0. The summed E-state index contributed by atoms with van der Waals surface area (Å²) in [5, 5.41) is 5.13. The zero-order valence-electron chi connectivity index (χ0n) is 10.5. The smallest absolute Gasteiger partial charge is 0.0646 e. The van der Waals surface area contributed by atoms with Crippen LogP contribution in [0.2, 0.25) is 5.02 Å². The molecule has 0 fully saturated rings. The van der Waals surface area contributed by atoms with Crippen LogP contribution in [-0.2, 0) is 0 Å². The van der Waals surface area contributed by atoms with E-state index in [1.807, 2.05) is 41.3 Å². The minimum Gasteiger partial charge on any atom is -0.240 e. The van der Waals surface area contributed by atoms with Crippen molar-refractivity contribution in [3.8, 4) is 16.8 Å². The van der Waals surface area contributed by atoms with E-state index in [1.165, 1.54) is 11.1 Å². The minimum atomic E-state index is 0.731. The normalized spacial score (nSPS) is 10.6. The molecule has 19 heavy (non-hydrogen) atoms. The highest BCUT2D eigenvalue weighted by Crippen LogP contribution is 2.21. The van der Waals surface area contributed by atoms with Gasteiger partial charge in [-0.1, -0.05) is 41.4 Å². The van der Waals surface area contributed by atoms with Crippen LogP contribution in [0.15, 0.2) is 60.9 Å². The van der Waals surface area contributed by atoms with Crippen LogP contribution < -0.4 is 0 Å². The highest BCUT2D eigenvalue weighted by Gasteiger charge is 2.03. The molecular formula is C16H13ClN2. The van der Waals surface area contributed by atoms with E-state index >= 15 is 0 Å². The molecule has 0 aliphatic heterocycles. The van der Waals surface area contributed by atoms with Gasteiger partial charge in [-0.2, -0.15) is 5.10 Å². The SMILES string of the molecule is Cc1cccc(-c2cnn(-c3ccc(Cl)cc3)c2)c1. The van der Waals surface area contributed by atoms with Crippen molar-refractivity contribution in [1.29, 1.82) is 0 Å². The van der Waals surface area contributed by atoms with Gasteiger partial charge < -0.3 is 0 Å². The summed E-state index contributed by atoms with van der Waals surface area (Å²) in [7, 11) is 0. The molecular weight excluding hydrogens is 256 g/mol. The molecule has 0 atom stereocenters. The van der Waals surface area contributed by atoms with E-state index in [4.69, 9.17) is 11.6 Å². The molecule has 0 bridgehead atoms. The molecule has 94 valence electrons. The largest absolute Gasteiger partial charge is 0.240 e. The Hall–Kier alpha value is -2.06. The predicted molar refractivity (Wildman–Crippen MR) is 78.7 cm³/mol. The van der Waals surface area contributed by atoms with Crippen molar-refractivity contribution in [3.05, 3.63) is 71.5 Å². The molecule has 3 aromatic rings. The van der Waals surface area contributed by atoms with E-state index in [0.717, 1.165) is 16.3 Å². The summed E-state index contributed by atoms with van der Waals surface area (Å²) in [5.41, 5.74) is 4.54. The lowest BCUT2D eigenvalue weighted by Gasteiger charge is -2.01. The van der Waals surface area contributed by atoms with Crippen LogP contribution in [0.5, 0.6) is 0 Å². The van der Waals surface area contributed by atoms with E-state index in [0.29, 0.717) is 0 Å². The molecule has 3 heteroatoms. The lowest BCUT2D eigenvalue weighted by atomic mass is 10.1. The second kappa shape index (κ2) is 4.90. The van der Waals surface area contributed by atoms with E-state index in [2.05, 4.69) is 36.3 Å². The number of hydrogen-bond donors (Lipinski definition) is 0. The third kappa shape index (κ3) is 2.54. The van der Waals surface area contributed by atoms with Crippen molar-refractivity contribution in [3.63, 3.8) is 0 Å². The van der Waals surface area contributed by atoms with Crippen molar-refractivity contribution in [2.45, 2.75) is 6.92 Å². The van der Waals surface area contributed by atoms with Gasteiger partial charge in [-0.15, -0.1) is 0 Å². The molecule has 0 aliphatic rings. The number of rotatable bonds is 2. The fourth-order valence-corrected chi connectivity index (χ4v) is 2.16. The molecule has 0 saturated carbocycles. The second-order valence-electron chi connectivity index (χ2n) is 4.52. The Morgan fingerprint density at radius 1 is 1.00 bits per heavy atom. The van der Waals surface area contributed by atoms with Crippen molar-refractivity contribution in [2.75, 3.05) is 0 Å². The molecule has 0 spiro atoms. The van der Waals surface area contributed by atoms with Gasteiger partial charge in [-0.3, -0.25) is 0 Å². The average molecular weight is 269 g/mol. The number of aromatic nitrogens is 2. The van der Waals surface area contributed by atoms with Gasteiger partial charge in [0.05, 0.1) is 11.9 Å². The van der Waals surface area contributed by atoms with Crippen molar-refractivity contribution >= 4 is 11.6 Å². The maximum absolute atomic E-state index is 5.89. The van der Waals surface area contributed by atoms with Gasteiger partial charge in [0.25, 0.3) is 0 Å². The van der Waals surface area contributed by atoms with Gasteiger partial charge in [0.2, 0.25) is 0 Å². The van der Waals surface area contributed by atoms with Gasteiger partial charge >= 0.3 is 0 Å². The van der Waals surface area contributed by atoms with Gasteiger partial charge in [0, 0.05) is 16.8 Å². The van der Waals surface area contributed by atoms with E-state index in [9.17, 15) is 0 Å². The van der Waals surface area contributed by atoms with Gasteiger partial charge in [-0.25, -0.2) is 4.68 Å². The first kappa shape index (κ1) is 12.0. The zero-order chi connectivity index (χ0) is 13.2. The number of benzene rings is 2. The van der Waals surface area contributed by atoms with E-state index < -0.39 is 0 Å². The Kier molecular flexibility index (Phi) is 3.10. The molecule has 2 nitrogen and oxygen atoms in total. The van der Waals surface area contributed by atoms with Crippen LogP contribution in [0.3, 0.4) is 0 Å². The quantitative estimate of drug-likeness (QED) is 0.669. The Morgan fingerprint density at radius 2 is 1.79 bits per heavy atom. The van der Waals surface area contributed by atoms with E-state index in [-0.39, 0.29) is 0 Å². The van der Waals surface area contributed by atoms with Crippen LogP contribution in [0.4, 0.5) is 0 Å². The van der Waals surface area contributed by atoms with Crippen LogP contribution in [0, 0.1) is 6.92 Å². The van der Waals surface area contributed by atoms with Gasteiger partial charge in [0.15, 0.2) is 0 Å². The molecule has 3 rings (SSSR count). The Bertz CT molecular complexity index is 699. The second-order valence-corrected chi connectivity index (χ2v) is 4.96. The highest BCUT2D eigenvalue weighted by atomic mass is 35.5. The standard InChI is InChI=1S/C16H13ClN2/c1-12-3-2-4-13(9-12)14-10-18-19(11-14)16-7-5-15(17)6-8-16/h2-11H,1H3. The monoisotopic (exact) mass is 268 g/mol.